The first-order valence-electron chi connectivity index (χ1n) is 6.22. The zero-order chi connectivity index (χ0) is 14.8. The summed E-state index contributed by atoms with van der Waals surface area (Å²) in [6, 6.07) is 1.62. The second-order valence-corrected chi connectivity index (χ2v) is 7.90. The van der Waals surface area contributed by atoms with Gasteiger partial charge in [0.2, 0.25) is 11.8 Å². The Labute approximate surface area is 122 Å². The molecular weight excluding hydrogens is 300 g/mol. The van der Waals surface area contributed by atoms with Crippen molar-refractivity contribution >= 4 is 33.4 Å². The van der Waals surface area contributed by atoms with Gasteiger partial charge in [-0.1, -0.05) is 6.92 Å². The van der Waals surface area contributed by atoms with Crippen LogP contribution >= 0.6 is 11.8 Å². The Morgan fingerprint density at radius 1 is 1.55 bits per heavy atom. The molecule has 9 heteroatoms. The Bertz CT molecular complexity index is 579. The summed E-state index contributed by atoms with van der Waals surface area (Å²) < 4.78 is 29.5. The quantitative estimate of drug-likeness (QED) is 0.851. The number of anilines is 2. The van der Waals surface area contributed by atoms with Gasteiger partial charge in [0.15, 0.2) is 9.84 Å². The van der Waals surface area contributed by atoms with E-state index in [9.17, 15) is 8.42 Å². The largest absolute Gasteiger partial charge is 0.481 e. The second-order valence-electron chi connectivity index (χ2n) is 4.30. The number of thioether (sulfide) groups is 1. The Balaban J connectivity index is 2.40. The maximum atomic E-state index is 12.2. The molecule has 7 nitrogen and oxygen atoms in total. The van der Waals surface area contributed by atoms with E-state index in [0.717, 1.165) is 5.75 Å². The Hall–Kier alpha value is -1.22. The predicted molar refractivity (Wildman–Crippen MR) is 80.9 cm³/mol. The van der Waals surface area contributed by atoms with E-state index in [0.29, 0.717) is 24.0 Å². The van der Waals surface area contributed by atoms with Gasteiger partial charge in [0.25, 0.3) is 0 Å². The zero-order valence-corrected chi connectivity index (χ0v) is 13.1. The van der Waals surface area contributed by atoms with E-state index in [1.54, 1.807) is 29.7 Å². The van der Waals surface area contributed by atoms with Crippen LogP contribution in [0.5, 0.6) is 5.88 Å². The van der Waals surface area contributed by atoms with Crippen molar-refractivity contribution in [3.63, 3.8) is 0 Å². The molecule has 0 spiro atoms. The number of nitrogen functional groups attached to an aromatic ring is 1. The average Bonchev–Trinajstić information content (AvgIpc) is 2.46. The zero-order valence-electron chi connectivity index (χ0n) is 11.4. The van der Waals surface area contributed by atoms with Crippen molar-refractivity contribution in [2.75, 3.05) is 41.5 Å². The summed E-state index contributed by atoms with van der Waals surface area (Å²) >= 11 is 1.63. The van der Waals surface area contributed by atoms with Crippen molar-refractivity contribution < 1.29 is 13.2 Å². The van der Waals surface area contributed by atoms with Crippen molar-refractivity contribution in [3.05, 3.63) is 6.07 Å². The van der Waals surface area contributed by atoms with Crippen molar-refractivity contribution in [3.8, 4) is 5.88 Å². The molecule has 1 fully saturated rings. The third kappa shape index (κ3) is 3.09. The molecule has 1 unspecified atom stereocenters. The molecule has 1 aliphatic rings. The summed E-state index contributed by atoms with van der Waals surface area (Å²) in [7, 11) is -1.70. The van der Waals surface area contributed by atoms with Crippen molar-refractivity contribution in [2.24, 2.45) is 0 Å². The van der Waals surface area contributed by atoms with Gasteiger partial charge in [-0.3, -0.25) is 0 Å². The van der Waals surface area contributed by atoms with Crippen LogP contribution in [0.3, 0.4) is 0 Å². The number of ether oxygens (including phenoxy) is 1. The van der Waals surface area contributed by atoms with E-state index in [4.69, 9.17) is 10.5 Å². The molecule has 2 rings (SSSR count). The molecule has 1 saturated heterocycles. The van der Waals surface area contributed by atoms with Crippen LogP contribution in [-0.2, 0) is 9.84 Å². The van der Waals surface area contributed by atoms with Crippen LogP contribution in [0.25, 0.3) is 0 Å². The van der Waals surface area contributed by atoms with E-state index >= 15 is 0 Å². The van der Waals surface area contributed by atoms with E-state index in [-0.39, 0.29) is 11.7 Å². The Morgan fingerprint density at radius 2 is 2.30 bits per heavy atom. The number of nitrogens with two attached hydrogens (primary N) is 1. The minimum atomic E-state index is -3.19. The molecule has 0 saturated carbocycles. The molecule has 20 heavy (non-hydrogen) atoms. The molecular formula is C11H18N4O3S2. The summed E-state index contributed by atoms with van der Waals surface area (Å²) in [5, 5.41) is -0.578. The number of aromatic nitrogens is 2. The van der Waals surface area contributed by atoms with Crippen molar-refractivity contribution in [1.82, 2.24) is 9.97 Å². The van der Waals surface area contributed by atoms with Gasteiger partial charge in [-0.2, -0.15) is 21.7 Å². The topological polar surface area (TPSA) is 98.4 Å². The fourth-order valence-electron chi connectivity index (χ4n) is 2.01. The number of nitrogens with zero attached hydrogens (tertiary/aromatic N) is 3. The molecule has 2 heterocycles. The lowest BCUT2D eigenvalue weighted by atomic mass is 10.4. The van der Waals surface area contributed by atoms with Gasteiger partial charge in [0, 0.05) is 29.9 Å². The lowest BCUT2D eigenvalue weighted by Crippen LogP contribution is -2.48. The van der Waals surface area contributed by atoms with E-state index in [1.807, 2.05) is 0 Å². The van der Waals surface area contributed by atoms with Crippen LogP contribution in [-0.4, -0.2) is 54.7 Å². The van der Waals surface area contributed by atoms with Gasteiger partial charge in [0.05, 0.1) is 7.11 Å². The summed E-state index contributed by atoms with van der Waals surface area (Å²) in [4.78, 5) is 9.83. The molecule has 0 radical (unpaired) electrons. The normalized spacial score (nSPS) is 19.9. The van der Waals surface area contributed by atoms with E-state index in [2.05, 4.69) is 9.97 Å². The second kappa shape index (κ2) is 6.04. The Morgan fingerprint density at radius 3 is 2.95 bits per heavy atom. The van der Waals surface area contributed by atoms with Gasteiger partial charge < -0.3 is 15.4 Å². The number of rotatable bonds is 4. The van der Waals surface area contributed by atoms with Gasteiger partial charge in [-0.05, 0) is 0 Å². The van der Waals surface area contributed by atoms with Crippen LogP contribution in [0.2, 0.25) is 0 Å². The van der Waals surface area contributed by atoms with Crippen molar-refractivity contribution in [1.29, 1.82) is 0 Å². The maximum absolute atomic E-state index is 12.2. The van der Waals surface area contributed by atoms with Gasteiger partial charge in [-0.25, -0.2) is 8.42 Å². The standard InChI is InChI=1S/C11H18N4O3S2/c1-3-20(16,17)10-7-19-5-4-15(10)8-6-9(18-2)14-11(12)13-8/h6,10H,3-5,7H2,1-2H3,(H2,12,13,14). The minimum Gasteiger partial charge on any atom is -0.481 e. The van der Waals surface area contributed by atoms with Gasteiger partial charge in [-0.15, -0.1) is 0 Å². The summed E-state index contributed by atoms with van der Waals surface area (Å²) in [5.41, 5.74) is 5.65. The van der Waals surface area contributed by atoms with Crippen LogP contribution in [0, 0.1) is 0 Å². The third-order valence-electron chi connectivity index (χ3n) is 3.11. The molecule has 0 aromatic carbocycles. The third-order valence-corrected chi connectivity index (χ3v) is 6.40. The Kier molecular flexibility index (Phi) is 4.59. The summed E-state index contributed by atoms with van der Waals surface area (Å²) in [6.07, 6.45) is 0. The molecule has 1 aromatic heterocycles. The molecule has 0 aliphatic carbocycles. The van der Waals surface area contributed by atoms with Crippen LogP contribution in [0.15, 0.2) is 6.07 Å². The first-order chi connectivity index (χ1) is 9.47. The highest BCUT2D eigenvalue weighted by molar-refractivity contribution is 8.01. The molecule has 1 aromatic rings. The highest BCUT2D eigenvalue weighted by Crippen LogP contribution is 2.28. The van der Waals surface area contributed by atoms with Crippen LogP contribution in [0.4, 0.5) is 11.8 Å². The fourth-order valence-corrected chi connectivity index (χ4v) is 4.99. The maximum Gasteiger partial charge on any atom is 0.225 e. The summed E-state index contributed by atoms with van der Waals surface area (Å²) in [6.45, 7) is 2.26. The lowest BCUT2D eigenvalue weighted by molar-refractivity contribution is 0.397. The number of methoxy groups -OCH3 is 1. The molecule has 1 aliphatic heterocycles. The number of hydrogen-bond acceptors (Lipinski definition) is 8. The summed E-state index contributed by atoms with van der Waals surface area (Å²) in [5.74, 6) is 2.39. The van der Waals surface area contributed by atoms with Crippen LogP contribution < -0.4 is 15.4 Å². The SMILES string of the molecule is CCS(=O)(=O)C1CSCCN1c1cc(OC)nc(N)n1. The fraction of sp³-hybridized carbons (Fsp3) is 0.636. The van der Waals surface area contributed by atoms with Gasteiger partial charge >= 0.3 is 0 Å². The highest BCUT2D eigenvalue weighted by atomic mass is 32.2. The number of hydrogen-bond donors (Lipinski definition) is 1. The van der Waals surface area contributed by atoms with Crippen molar-refractivity contribution in [2.45, 2.75) is 12.3 Å². The van der Waals surface area contributed by atoms with E-state index in [1.165, 1.54) is 7.11 Å². The molecule has 112 valence electrons. The number of sulfone groups is 1. The monoisotopic (exact) mass is 318 g/mol. The predicted octanol–water partition coefficient (Wildman–Crippen LogP) is 0.381. The smallest absolute Gasteiger partial charge is 0.225 e. The molecule has 0 amide bonds. The molecule has 1 atom stereocenters. The van der Waals surface area contributed by atoms with Gasteiger partial charge in [0.1, 0.15) is 11.2 Å². The lowest BCUT2D eigenvalue weighted by Gasteiger charge is -2.35. The van der Waals surface area contributed by atoms with Crippen LogP contribution in [0.1, 0.15) is 6.92 Å². The first-order valence-corrected chi connectivity index (χ1v) is 9.09. The average molecular weight is 318 g/mol. The van der Waals surface area contributed by atoms with E-state index < -0.39 is 15.2 Å². The first kappa shape index (κ1) is 15.2. The highest BCUT2D eigenvalue weighted by Gasteiger charge is 2.34. The molecule has 0 bridgehead atoms. The molecule has 2 N–H and O–H groups in total. The minimum absolute atomic E-state index is 0.0743.